The van der Waals surface area contributed by atoms with Crippen molar-refractivity contribution in [1.82, 2.24) is 9.88 Å². The van der Waals surface area contributed by atoms with Crippen molar-refractivity contribution < 1.29 is 13.9 Å². The summed E-state index contributed by atoms with van der Waals surface area (Å²) in [5.74, 6) is -0.702. The van der Waals surface area contributed by atoms with E-state index in [0.717, 1.165) is 10.9 Å². The van der Waals surface area contributed by atoms with Gasteiger partial charge in [0.25, 0.3) is 0 Å². The topological polar surface area (TPSA) is 42.4 Å². The Kier molecular flexibility index (Phi) is 5.76. The number of hydrogen-bond donors (Lipinski definition) is 0. The van der Waals surface area contributed by atoms with Crippen molar-refractivity contribution in [1.29, 1.82) is 0 Å². The molecule has 0 aliphatic carbocycles. The lowest BCUT2D eigenvalue weighted by Gasteiger charge is -2.21. The minimum Gasteiger partial charge on any atom is -0.465 e. The molecule has 0 atom stereocenters. The smallest absolute Gasteiger partial charge is 0.325 e. The molecule has 0 aliphatic rings. The number of halogens is 1. The number of ether oxygens (including phenoxy) is 1. The van der Waals surface area contributed by atoms with Crippen LogP contribution in [-0.4, -0.2) is 41.0 Å². The summed E-state index contributed by atoms with van der Waals surface area (Å²) in [5, 5.41) is 0.846. The highest BCUT2D eigenvalue weighted by molar-refractivity contribution is 7.80. The number of rotatable bonds is 5. The summed E-state index contributed by atoms with van der Waals surface area (Å²) < 4.78 is 19.3. The van der Waals surface area contributed by atoms with E-state index < -0.39 is 0 Å². The number of thiocarbonyl (C=S) groups is 1. The minimum atomic E-state index is -0.352. The highest BCUT2D eigenvalue weighted by Gasteiger charge is 2.17. The third kappa shape index (κ3) is 4.11. The molecule has 0 fully saturated rings. The largest absolute Gasteiger partial charge is 0.465 e. The number of likely N-dealkylation sites (N-methyl/N-ethyl adjacent to an activating group) is 1. The average Bonchev–Trinajstić information content (AvgIpc) is 2.67. The third-order valence-corrected chi connectivity index (χ3v) is 4.65. The summed E-state index contributed by atoms with van der Waals surface area (Å²) in [4.78, 5) is 18.5. The minimum absolute atomic E-state index is 0.0400. The molecule has 0 radical (unpaired) electrons. The van der Waals surface area contributed by atoms with Gasteiger partial charge in [-0.1, -0.05) is 42.5 Å². The van der Waals surface area contributed by atoms with Gasteiger partial charge in [-0.15, -0.1) is 0 Å². The quantitative estimate of drug-likeness (QED) is 0.488. The van der Waals surface area contributed by atoms with Crippen molar-refractivity contribution in [2.75, 3.05) is 20.2 Å². The number of pyridine rings is 1. The molecule has 0 amide bonds. The van der Waals surface area contributed by atoms with Crippen LogP contribution in [0.3, 0.4) is 0 Å². The lowest BCUT2D eigenvalue weighted by atomic mass is 10.0. The highest BCUT2D eigenvalue weighted by Crippen LogP contribution is 2.27. The second kappa shape index (κ2) is 8.22. The Bertz CT molecular complexity index is 1010. The molecule has 0 aliphatic heterocycles. The van der Waals surface area contributed by atoms with Crippen LogP contribution in [-0.2, 0) is 9.53 Å². The number of hydrogen-bond acceptors (Lipinski definition) is 4. The molecule has 0 saturated carbocycles. The lowest BCUT2D eigenvalue weighted by molar-refractivity contribution is -0.143. The van der Waals surface area contributed by atoms with Crippen LogP contribution in [0.15, 0.2) is 54.6 Å². The van der Waals surface area contributed by atoms with E-state index in [9.17, 15) is 9.18 Å². The number of benzene rings is 2. The van der Waals surface area contributed by atoms with Crippen LogP contribution in [0, 0.1) is 5.82 Å². The first-order chi connectivity index (χ1) is 13.0. The number of carbonyl (C=O) groups excluding carboxylic acids is 1. The van der Waals surface area contributed by atoms with Crippen LogP contribution in [0.1, 0.15) is 12.5 Å². The molecule has 3 aromatic rings. The van der Waals surface area contributed by atoms with Gasteiger partial charge in [0.15, 0.2) is 0 Å². The second-order valence-electron chi connectivity index (χ2n) is 6.02. The van der Waals surface area contributed by atoms with Gasteiger partial charge >= 0.3 is 5.97 Å². The Labute approximate surface area is 162 Å². The zero-order valence-corrected chi connectivity index (χ0v) is 15.9. The van der Waals surface area contributed by atoms with E-state index in [1.54, 1.807) is 43.1 Å². The van der Waals surface area contributed by atoms with Crippen molar-refractivity contribution in [2.24, 2.45) is 0 Å². The fraction of sp³-hybridized carbons (Fsp3) is 0.190. The first kappa shape index (κ1) is 18.9. The first-order valence-corrected chi connectivity index (χ1v) is 8.98. The average molecular weight is 382 g/mol. The number of carbonyl (C=O) groups is 1. The molecule has 4 nitrogen and oxygen atoms in total. The Balaban J connectivity index is 2.07. The normalized spacial score (nSPS) is 10.6. The van der Waals surface area contributed by atoms with E-state index in [0.29, 0.717) is 28.4 Å². The van der Waals surface area contributed by atoms with Crippen LogP contribution < -0.4 is 0 Å². The maximum Gasteiger partial charge on any atom is 0.325 e. The van der Waals surface area contributed by atoms with Crippen LogP contribution in [0.5, 0.6) is 0 Å². The van der Waals surface area contributed by atoms with Gasteiger partial charge in [-0.3, -0.25) is 4.79 Å². The van der Waals surface area contributed by atoms with E-state index >= 15 is 0 Å². The van der Waals surface area contributed by atoms with Crippen molar-refractivity contribution in [3.8, 4) is 11.3 Å². The van der Waals surface area contributed by atoms with E-state index in [1.165, 1.54) is 6.07 Å². The maximum absolute atomic E-state index is 14.3. The van der Waals surface area contributed by atoms with Gasteiger partial charge < -0.3 is 9.64 Å². The first-order valence-electron chi connectivity index (χ1n) is 8.57. The van der Waals surface area contributed by atoms with Crippen molar-refractivity contribution in [3.05, 3.63) is 66.0 Å². The van der Waals surface area contributed by atoms with Crippen LogP contribution in [0.25, 0.3) is 22.2 Å². The van der Waals surface area contributed by atoms with Gasteiger partial charge in [-0.25, -0.2) is 9.37 Å². The third-order valence-electron chi connectivity index (χ3n) is 4.11. The van der Waals surface area contributed by atoms with Gasteiger partial charge in [0, 0.05) is 23.6 Å². The molecule has 0 saturated heterocycles. The van der Waals surface area contributed by atoms with E-state index in [4.69, 9.17) is 17.0 Å². The molecule has 0 spiro atoms. The Morgan fingerprint density at radius 3 is 2.63 bits per heavy atom. The summed E-state index contributed by atoms with van der Waals surface area (Å²) >= 11 is 5.61. The van der Waals surface area contributed by atoms with E-state index in [2.05, 4.69) is 4.98 Å². The zero-order valence-electron chi connectivity index (χ0n) is 15.1. The predicted molar refractivity (Wildman–Crippen MR) is 108 cm³/mol. The fourth-order valence-corrected chi connectivity index (χ4v) is 3.07. The monoisotopic (exact) mass is 382 g/mol. The molecule has 1 aromatic heterocycles. The molecule has 6 heteroatoms. The standard InChI is InChI=1S/C21H19FN2O2S/c1-3-26-20(25)13-24(2)21(27)16-12-19(15-9-4-6-10-17(15)22)23-18-11-7-5-8-14(16)18/h4-12H,3,13H2,1-2H3. The van der Waals surface area contributed by atoms with E-state index in [1.807, 2.05) is 24.3 Å². The molecular formula is C21H19FN2O2S. The molecule has 0 N–H and O–H groups in total. The molecule has 138 valence electrons. The molecule has 27 heavy (non-hydrogen) atoms. The Morgan fingerprint density at radius 1 is 1.19 bits per heavy atom. The number of aromatic nitrogens is 1. The van der Waals surface area contributed by atoms with Crippen molar-refractivity contribution in [2.45, 2.75) is 6.92 Å². The van der Waals surface area contributed by atoms with Crippen molar-refractivity contribution >= 4 is 34.1 Å². The summed E-state index contributed by atoms with van der Waals surface area (Å²) in [5.41, 5.74) is 2.33. The molecule has 3 rings (SSSR count). The summed E-state index contributed by atoms with van der Waals surface area (Å²) in [6, 6.07) is 15.8. The zero-order chi connectivity index (χ0) is 19.4. The van der Waals surface area contributed by atoms with E-state index in [-0.39, 0.29) is 18.3 Å². The van der Waals surface area contributed by atoms with Gasteiger partial charge in [0.05, 0.1) is 17.8 Å². The second-order valence-corrected chi connectivity index (χ2v) is 6.40. The maximum atomic E-state index is 14.3. The van der Waals surface area contributed by atoms with Gasteiger partial charge in [-0.2, -0.15) is 0 Å². The van der Waals surface area contributed by atoms with Crippen LogP contribution >= 0.6 is 12.2 Å². The number of esters is 1. The SMILES string of the molecule is CCOC(=O)CN(C)C(=S)c1cc(-c2ccccc2F)nc2ccccc12. The summed E-state index contributed by atoms with van der Waals surface area (Å²) in [7, 11) is 1.73. The molecule has 1 heterocycles. The number of para-hydroxylation sites is 1. The number of fused-ring (bicyclic) bond motifs is 1. The molecule has 0 unspecified atom stereocenters. The van der Waals surface area contributed by atoms with Crippen LogP contribution in [0.2, 0.25) is 0 Å². The van der Waals surface area contributed by atoms with Crippen molar-refractivity contribution in [3.63, 3.8) is 0 Å². The van der Waals surface area contributed by atoms with Gasteiger partial charge in [-0.05, 0) is 31.2 Å². The van der Waals surface area contributed by atoms with Crippen LogP contribution in [0.4, 0.5) is 4.39 Å². The molecule has 0 bridgehead atoms. The Morgan fingerprint density at radius 2 is 1.89 bits per heavy atom. The summed E-state index contributed by atoms with van der Waals surface area (Å²) in [6.45, 7) is 2.11. The molecule has 2 aromatic carbocycles. The summed E-state index contributed by atoms with van der Waals surface area (Å²) in [6.07, 6.45) is 0. The Hall–Kier alpha value is -2.86. The number of nitrogens with zero attached hydrogens (tertiary/aromatic N) is 2. The lowest BCUT2D eigenvalue weighted by Crippen LogP contribution is -2.32. The fourth-order valence-electron chi connectivity index (χ4n) is 2.84. The molecular weight excluding hydrogens is 363 g/mol. The highest BCUT2D eigenvalue weighted by atomic mass is 32.1. The predicted octanol–water partition coefficient (Wildman–Crippen LogP) is 4.21. The van der Waals surface area contributed by atoms with Gasteiger partial charge in [0.2, 0.25) is 0 Å². The van der Waals surface area contributed by atoms with Gasteiger partial charge in [0.1, 0.15) is 17.4 Å².